The lowest BCUT2D eigenvalue weighted by atomic mass is 10.3. The van der Waals surface area contributed by atoms with E-state index in [1.165, 1.54) is 4.90 Å². The van der Waals surface area contributed by atoms with E-state index in [9.17, 15) is 9.59 Å². The summed E-state index contributed by atoms with van der Waals surface area (Å²) in [5, 5.41) is 2.77. The number of para-hydroxylation sites is 2. The van der Waals surface area contributed by atoms with Crippen molar-refractivity contribution in [2.45, 2.75) is 6.42 Å². The number of nitrogens with zero attached hydrogens (tertiary/aromatic N) is 1. The number of hydrogen-bond acceptors (Lipinski definition) is 3. The summed E-state index contributed by atoms with van der Waals surface area (Å²) in [5.74, 6) is 0.328. The highest BCUT2D eigenvalue weighted by molar-refractivity contribution is 9.10. The third-order valence-electron chi connectivity index (χ3n) is 3.28. The maximum atomic E-state index is 12.0. The molecule has 0 saturated carbocycles. The normalized spacial score (nSPS) is 10.1. The Labute approximate surface area is 149 Å². The van der Waals surface area contributed by atoms with E-state index in [-0.39, 0.29) is 31.4 Å². The van der Waals surface area contributed by atoms with Crippen molar-refractivity contribution in [3.63, 3.8) is 0 Å². The number of ether oxygens (including phenoxy) is 1. The van der Waals surface area contributed by atoms with Crippen LogP contribution in [0, 0.1) is 0 Å². The summed E-state index contributed by atoms with van der Waals surface area (Å²) in [6.45, 7) is 0.268. The van der Waals surface area contributed by atoms with E-state index < -0.39 is 0 Å². The molecule has 24 heavy (non-hydrogen) atoms. The first kappa shape index (κ1) is 18.0. The van der Waals surface area contributed by atoms with Crippen molar-refractivity contribution < 1.29 is 14.3 Å². The van der Waals surface area contributed by atoms with Gasteiger partial charge in [0.05, 0.1) is 25.3 Å². The van der Waals surface area contributed by atoms with E-state index in [1.54, 1.807) is 13.1 Å². The molecule has 2 aromatic rings. The van der Waals surface area contributed by atoms with Gasteiger partial charge >= 0.3 is 0 Å². The van der Waals surface area contributed by atoms with E-state index in [2.05, 4.69) is 21.2 Å². The van der Waals surface area contributed by atoms with Crippen LogP contribution in [-0.2, 0) is 9.59 Å². The van der Waals surface area contributed by atoms with Crippen LogP contribution in [0.15, 0.2) is 59.1 Å². The number of rotatable bonds is 7. The molecule has 0 heterocycles. The minimum atomic E-state index is -0.248. The summed E-state index contributed by atoms with van der Waals surface area (Å²) in [7, 11) is 1.60. The molecule has 2 aromatic carbocycles. The largest absolute Gasteiger partial charge is 0.493 e. The van der Waals surface area contributed by atoms with Crippen LogP contribution in [0.1, 0.15) is 6.42 Å². The number of anilines is 1. The lowest BCUT2D eigenvalue weighted by molar-refractivity contribution is -0.133. The monoisotopic (exact) mass is 390 g/mol. The zero-order valence-corrected chi connectivity index (χ0v) is 15.0. The fraction of sp³-hybridized carbons (Fsp3) is 0.222. The molecule has 2 rings (SSSR count). The topological polar surface area (TPSA) is 58.6 Å². The number of amides is 2. The highest BCUT2D eigenvalue weighted by Gasteiger charge is 2.13. The van der Waals surface area contributed by atoms with Gasteiger partial charge in [0.15, 0.2) is 0 Å². The molecular formula is C18H19BrN2O3. The lowest BCUT2D eigenvalue weighted by Crippen LogP contribution is -2.35. The molecular weight excluding hydrogens is 372 g/mol. The summed E-state index contributed by atoms with van der Waals surface area (Å²) in [5.41, 5.74) is 0.677. The highest BCUT2D eigenvalue weighted by Crippen LogP contribution is 2.20. The molecule has 0 aliphatic rings. The van der Waals surface area contributed by atoms with Gasteiger partial charge in [-0.2, -0.15) is 0 Å². The van der Waals surface area contributed by atoms with Crippen molar-refractivity contribution in [1.82, 2.24) is 4.90 Å². The third kappa shape index (κ3) is 5.70. The molecule has 0 saturated heterocycles. The molecule has 2 amide bonds. The summed E-state index contributed by atoms with van der Waals surface area (Å²) in [4.78, 5) is 25.5. The van der Waals surface area contributed by atoms with E-state index in [0.29, 0.717) is 5.69 Å². The van der Waals surface area contributed by atoms with Gasteiger partial charge in [0.1, 0.15) is 5.75 Å². The quantitative estimate of drug-likeness (QED) is 0.788. The van der Waals surface area contributed by atoms with Crippen molar-refractivity contribution in [1.29, 1.82) is 0 Å². The zero-order chi connectivity index (χ0) is 17.4. The van der Waals surface area contributed by atoms with Crippen LogP contribution in [0.2, 0.25) is 0 Å². The van der Waals surface area contributed by atoms with E-state index in [1.807, 2.05) is 48.5 Å². The van der Waals surface area contributed by atoms with Crippen LogP contribution < -0.4 is 10.1 Å². The first-order valence-electron chi connectivity index (χ1n) is 7.52. The Morgan fingerprint density at radius 3 is 2.46 bits per heavy atom. The number of likely N-dealkylation sites (N-methyl/N-ethyl adjacent to an activating group) is 1. The SMILES string of the molecule is CN(CC(=O)Nc1ccccc1Br)C(=O)CCOc1ccccc1. The Morgan fingerprint density at radius 2 is 1.75 bits per heavy atom. The molecule has 0 radical (unpaired) electrons. The van der Waals surface area contributed by atoms with E-state index in [0.717, 1.165) is 10.2 Å². The Morgan fingerprint density at radius 1 is 1.08 bits per heavy atom. The molecule has 1 N–H and O–H groups in total. The maximum Gasteiger partial charge on any atom is 0.244 e. The number of hydrogen-bond donors (Lipinski definition) is 1. The molecule has 0 unspecified atom stereocenters. The van der Waals surface area contributed by atoms with Gasteiger partial charge in [0.2, 0.25) is 11.8 Å². The molecule has 0 fully saturated rings. The van der Waals surface area contributed by atoms with Gasteiger partial charge in [0, 0.05) is 11.5 Å². The second-order valence-corrected chi connectivity index (χ2v) is 6.04. The smallest absolute Gasteiger partial charge is 0.244 e. The first-order chi connectivity index (χ1) is 11.6. The number of halogens is 1. The van der Waals surface area contributed by atoms with Crippen LogP contribution >= 0.6 is 15.9 Å². The van der Waals surface area contributed by atoms with Crippen LogP contribution in [0.25, 0.3) is 0 Å². The Balaban J connectivity index is 1.74. The van der Waals surface area contributed by atoms with Gasteiger partial charge in [-0.3, -0.25) is 9.59 Å². The first-order valence-corrected chi connectivity index (χ1v) is 8.32. The molecule has 0 atom stereocenters. The molecule has 6 heteroatoms. The van der Waals surface area contributed by atoms with Gasteiger partial charge < -0.3 is 15.0 Å². The zero-order valence-electron chi connectivity index (χ0n) is 13.4. The van der Waals surface area contributed by atoms with Crippen molar-refractivity contribution in [3.05, 3.63) is 59.1 Å². The molecule has 0 bridgehead atoms. The number of carbonyl (C=O) groups is 2. The van der Waals surface area contributed by atoms with Crippen LogP contribution in [0.5, 0.6) is 5.75 Å². The highest BCUT2D eigenvalue weighted by atomic mass is 79.9. The van der Waals surface area contributed by atoms with Crippen LogP contribution in [0.3, 0.4) is 0 Å². The van der Waals surface area contributed by atoms with Crippen molar-refractivity contribution in [2.75, 3.05) is 25.5 Å². The fourth-order valence-electron chi connectivity index (χ4n) is 2.02. The number of carbonyl (C=O) groups excluding carboxylic acids is 2. The number of nitrogens with one attached hydrogen (secondary N) is 1. The molecule has 0 aliphatic carbocycles. The molecule has 0 aliphatic heterocycles. The molecule has 0 spiro atoms. The van der Waals surface area contributed by atoms with Gasteiger partial charge in [-0.15, -0.1) is 0 Å². The predicted molar refractivity (Wildman–Crippen MR) is 97.0 cm³/mol. The van der Waals surface area contributed by atoms with E-state index >= 15 is 0 Å². The predicted octanol–water partition coefficient (Wildman–Crippen LogP) is 3.32. The fourth-order valence-corrected chi connectivity index (χ4v) is 2.40. The van der Waals surface area contributed by atoms with Gasteiger partial charge in [-0.25, -0.2) is 0 Å². The Kier molecular flexibility index (Phi) is 6.81. The number of benzene rings is 2. The van der Waals surface area contributed by atoms with Crippen LogP contribution in [-0.4, -0.2) is 36.9 Å². The van der Waals surface area contributed by atoms with E-state index in [4.69, 9.17) is 4.74 Å². The average Bonchev–Trinajstić information content (AvgIpc) is 2.57. The lowest BCUT2D eigenvalue weighted by Gasteiger charge is -2.17. The van der Waals surface area contributed by atoms with Gasteiger partial charge in [-0.1, -0.05) is 30.3 Å². The molecule has 0 aromatic heterocycles. The van der Waals surface area contributed by atoms with Gasteiger partial charge in [0.25, 0.3) is 0 Å². The average molecular weight is 391 g/mol. The molecule has 5 nitrogen and oxygen atoms in total. The third-order valence-corrected chi connectivity index (χ3v) is 3.97. The van der Waals surface area contributed by atoms with Crippen molar-refractivity contribution in [2.24, 2.45) is 0 Å². The molecule has 126 valence electrons. The summed E-state index contributed by atoms with van der Waals surface area (Å²) in [6, 6.07) is 16.6. The van der Waals surface area contributed by atoms with Gasteiger partial charge in [-0.05, 0) is 40.2 Å². The van der Waals surface area contributed by atoms with Crippen molar-refractivity contribution >= 4 is 33.4 Å². The second-order valence-electron chi connectivity index (χ2n) is 5.19. The minimum Gasteiger partial charge on any atom is -0.493 e. The standard InChI is InChI=1S/C18H19BrN2O3/c1-21(13-17(22)20-16-10-6-5-9-15(16)19)18(23)11-12-24-14-7-3-2-4-8-14/h2-10H,11-13H2,1H3,(H,20,22). The summed E-state index contributed by atoms with van der Waals surface area (Å²) < 4.78 is 6.28. The maximum absolute atomic E-state index is 12.0. The Hall–Kier alpha value is -2.34. The second kappa shape index (κ2) is 9.08. The van der Waals surface area contributed by atoms with Crippen molar-refractivity contribution in [3.8, 4) is 5.75 Å². The summed E-state index contributed by atoms with van der Waals surface area (Å²) >= 11 is 3.36. The summed E-state index contributed by atoms with van der Waals surface area (Å²) in [6.07, 6.45) is 0.216. The van der Waals surface area contributed by atoms with Crippen LogP contribution in [0.4, 0.5) is 5.69 Å². The Bertz CT molecular complexity index is 692. The minimum absolute atomic E-state index is 0.00843.